The van der Waals surface area contributed by atoms with Crippen LogP contribution in [-0.2, 0) is 4.74 Å². The summed E-state index contributed by atoms with van der Waals surface area (Å²) in [6, 6.07) is 11.6. The van der Waals surface area contributed by atoms with E-state index in [4.69, 9.17) is 4.74 Å². The summed E-state index contributed by atoms with van der Waals surface area (Å²) < 4.78 is 5.42. The van der Waals surface area contributed by atoms with E-state index >= 15 is 0 Å². The fourth-order valence-corrected chi connectivity index (χ4v) is 2.27. The van der Waals surface area contributed by atoms with Crippen molar-refractivity contribution in [1.29, 1.82) is 0 Å². The molecular formula is C15H21NO. The largest absolute Gasteiger partial charge is 0.380 e. The Hall–Kier alpha value is -1.12. The lowest BCUT2D eigenvalue weighted by molar-refractivity contribution is 0.187. The molecule has 1 heterocycles. The first kappa shape index (κ1) is 12.3. The molecule has 2 nitrogen and oxygen atoms in total. The summed E-state index contributed by atoms with van der Waals surface area (Å²) in [6.45, 7) is 5.54. The summed E-state index contributed by atoms with van der Waals surface area (Å²) in [5.41, 5.74) is 1.36. The summed E-state index contributed by atoms with van der Waals surface area (Å²) >= 11 is 0. The molecule has 1 aliphatic rings. The zero-order chi connectivity index (χ0) is 11.9. The molecule has 1 aliphatic heterocycles. The molecule has 1 N–H and O–H groups in total. The van der Waals surface area contributed by atoms with Gasteiger partial charge >= 0.3 is 0 Å². The van der Waals surface area contributed by atoms with Gasteiger partial charge in [0.1, 0.15) is 0 Å². The number of nitrogens with one attached hydrogen (secondary N) is 1. The predicted octanol–water partition coefficient (Wildman–Crippen LogP) is 3.07. The first-order chi connectivity index (χ1) is 8.40. The smallest absolute Gasteiger partial charge is 0.0620 e. The Balaban J connectivity index is 1.99. The second-order valence-electron chi connectivity index (χ2n) is 4.56. The molecule has 1 saturated heterocycles. The SMILES string of the molecule is C=CCCC(NC1CCOC1)c1ccccc1. The van der Waals surface area contributed by atoms with Crippen molar-refractivity contribution in [3.05, 3.63) is 48.6 Å². The Labute approximate surface area is 104 Å². The van der Waals surface area contributed by atoms with Crippen LogP contribution < -0.4 is 5.32 Å². The van der Waals surface area contributed by atoms with E-state index in [1.54, 1.807) is 0 Å². The van der Waals surface area contributed by atoms with Gasteiger partial charge in [0.15, 0.2) is 0 Å². The van der Waals surface area contributed by atoms with Crippen LogP contribution in [0.2, 0.25) is 0 Å². The molecule has 1 aromatic carbocycles. The lowest BCUT2D eigenvalue weighted by Crippen LogP contribution is -2.33. The highest BCUT2D eigenvalue weighted by Gasteiger charge is 2.20. The zero-order valence-electron chi connectivity index (χ0n) is 10.3. The van der Waals surface area contributed by atoms with Gasteiger partial charge in [0.05, 0.1) is 6.61 Å². The fourth-order valence-electron chi connectivity index (χ4n) is 2.27. The average Bonchev–Trinajstić information content (AvgIpc) is 2.88. The van der Waals surface area contributed by atoms with E-state index < -0.39 is 0 Å². The molecule has 1 fully saturated rings. The quantitative estimate of drug-likeness (QED) is 0.760. The number of benzene rings is 1. The van der Waals surface area contributed by atoms with Crippen LogP contribution in [0.25, 0.3) is 0 Å². The van der Waals surface area contributed by atoms with Crippen molar-refractivity contribution in [3.8, 4) is 0 Å². The van der Waals surface area contributed by atoms with Gasteiger partial charge < -0.3 is 10.1 Å². The first-order valence-electron chi connectivity index (χ1n) is 6.40. The molecule has 0 spiro atoms. The van der Waals surface area contributed by atoms with E-state index in [9.17, 15) is 0 Å². The van der Waals surface area contributed by atoms with E-state index in [-0.39, 0.29) is 0 Å². The lowest BCUT2D eigenvalue weighted by Gasteiger charge is -2.22. The molecule has 2 rings (SSSR count). The van der Waals surface area contributed by atoms with Crippen LogP contribution in [0.5, 0.6) is 0 Å². The van der Waals surface area contributed by atoms with Crippen LogP contribution in [0.15, 0.2) is 43.0 Å². The normalized spacial score (nSPS) is 21.3. The van der Waals surface area contributed by atoms with E-state index in [1.807, 2.05) is 6.08 Å². The van der Waals surface area contributed by atoms with E-state index in [0.29, 0.717) is 12.1 Å². The lowest BCUT2D eigenvalue weighted by atomic mass is 10.0. The summed E-state index contributed by atoms with van der Waals surface area (Å²) in [4.78, 5) is 0. The molecule has 2 atom stereocenters. The number of allylic oxidation sites excluding steroid dienone is 1. The summed E-state index contributed by atoms with van der Waals surface area (Å²) in [5.74, 6) is 0. The summed E-state index contributed by atoms with van der Waals surface area (Å²) in [6.07, 6.45) is 5.25. The van der Waals surface area contributed by atoms with Gasteiger partial charge in [0, 0.05) is 18.7 Å². The molecule has 2 unspecified atom stereocenters. The molecule has 1 aromatic rings. The molecule has 2 heteroatoms. The van der Waals surface area contributed by atoms with Crippen LogP contribution >= 0.6 is 0 Å². The van der Waals surface area contributed by atoms with Crippen LogP contribution in [0.1, 0.15) is 30.9 Å². The summed E-state index contributed by atoms with van der Waals surface area (Å²) in [5, 5.41) is 3.69. The van der Waals surface area contributed by atoms with E-state index in [1.165, 1.54) is 5.56 Å². The van der Waals surface area contributed by atoms with Crippen molar-refractivity contribution in [3.63, 3.8) is 0 Å². The van der Waals surface area contributed by atoms with E-state index in [2.05, 4.69) is 42.2 Å². The number of rotatable bonds is 6. The van der Waals surface area contributed by atoms with Crippen LogP contribution in [0, 0.1) is 0 Å². The van der Waals surface area contributed by atoms with Gasteiger partial charge in [-0.25, -0.2) is 0 Å². The van der Waals surface area contributed by atoms with Crippen molar-refractivity contribution in [2.24, 2.45) is 0 Å². The van der Waals surface area contributed by atoms with Crippen LogP contribution in [-0.4, -0.2) is 19.3 Å². The van der Waals surface area contributed by atoms with Gasteiger partial charge in [0.2, 0.25) is 0 Å². The van der Waals surface area contributed by atoms with Crippen molar-refractivity contribution < 1.29 is 4.74 Å². The maximum absolute atomic E-state index is 5.42. The van der Waals surface area contributed by atoms with Crippen molar-refractivity contribution in [1.82, 2.24) is 5.32 Å². The van der Waals surface area contributed by atoms with Crippen LogP contribution in [0.3, 0.4) is 0 Å². The monoisotopic (exact) mass is 231 g/mol. The minimum Gasteiger partial charge on any atom is -0.380 e. The Bertz CT molecular complexity index is 330. The van der Waals surface area contributed by atoms with Gasteiger partial charge in [-0.2, -0.15) is 0 Å². The number of ether oxygens (including phenoxy) is 1. The molecule has 0 saturated carbocycles. The maximum atomic E-state index is 5.42. The standard InChI is InChI=1S/C15H21NO/c1-2-3-9-15(13-7-5-4-6-8-13)16-14-10-11-17-12-14/h2,4-8,14-16H,1,3,9-12H2. The molecule has 0 aliphatic carbocycles. The fraction of sp³-hybridized carbons (Fsp3) is 0.467. The van der Waals surface area contributed by atoms with E-state index in [0.717, 1.165) is 32.5 Å². The Morgan fingerprint density at radius 2 is 2.24 bits per heavy atom. The predicted molar refractivity (Wildman–Crippen MR) is 71.0 cm³/mol. The van der Waals surface area contributed by atoms with Crippen molar-refractivity contribution >= 4 is 0 Å². The van der Waals surface area contributed by atoms with Gasteiger partial charge in [-0.1, -0.05) is 36.4 Å². The second kappa shape index (κ2) is 6.58. The highest BCUT2D eigenvalue weighted by molar-refractivity contribution is 5.19. The third kappa shape index (κ3) is 3.69. The van der Waals surface area contributed by atoms with Gasteiger partial charge in [-0.05, 0) is 24.8 Å². The molecule has 0 aromatic heterocycles. The molecule has 17 heavy (non-hydrogen) atoms. The minimum absolute atomic E-state index is 0.418. The third-order valence-electron chi connectivity index (χ3n) is 3.23. The Morgan fingerprint density at radius 1 is 1.41 bits per heavy atom. The molecule has 92 valence electrons. The van der Waals surface area contributed by atoms with Crippen LogP contribution in [0.4, 0.5) is 0 Å². The maximum Gasteiger partial charge on any atom is 0.0620 e. The summed E-state index contributed by atoms with van der Waals surface area (Å²) in [7, 11) is 0. The highest BCUT2D eigenvalue weighted by atomic mass is 16.5. The zero-order valence-corrected chi connectivity index (χ0v) is 10.3. The third-order valence-corrected chi connectivity index (χ3v) is 3.23. The topological polar surface area (TPSA) is 21.3 Å². The number of hydrogen-bond acceptors (Lipinski definition) is 2. The first-order valence-corrected chi connectivity index (χ1v) is 6.40. The van der Waals surface area contributed by atoms with Gasteiger partial charge in [0.25, 0.3) is 0 Å². The minimum atomic E-state index is 0.418. The average molecular weight is 231 g/mol. The molecule has 0 bridgehead atoms. The highest BCUT2D eigenvalue weighted by Crippen LogP contribution is 2.20. The molecular weight excluding hydrogens is 210 g/mol. The Morgan fingerprint density at radius 3 is 2.88 bits per heavy atom. The second-order valence-corrected chi connectivity index (χ2v) is 4.56. The molecule has 0 radical (unpaired) electrons. The number of hydrogen-bond donors (Lipinski definition) is 1. The van der Waals surface area contributed by atoms with Crippen molar-refractivity contribution in [2.45, 2.75) is 31.3 Å². The Kier molecular flexibility index (Phi) is 4.77. The molecule has 0 amide bonds. The van der Waals surface area contributed by atoms with Gasteiger partial charge in [-0.15, -0.1) is 6.58 Å². The van der Waals surface area contributed by atoms with Crippen molar-refractivity contribution in [2.75, 3.05) is 13.2 Å². The van der Waals surface area contributed by atoms with Gasteiger partial charge in [-0.3, -0.25) is 0 Å².